The third-order valence-corrected chi connectivity index (χ3v) is 14.7. The first-order chi connectivity index (χ1) is 30.4. The minimum Gasteiger partial charge on any atom is -0.361 e. The summed E-state index contributed by atoms with van der Waals surface area (Å²) in [6, 6.07) is 27.5. The van der Waals surface area contributed by atoms with Crippen molar-refractivity contribution in [1.82, 2.24) is 39.4 Å². The number of amides is 2. The van der Waals surface area contributed by atoms with Crippen LogP contribution in [0.1, 0.15) is 87.8 Å². The number of nitrogens with one attached hydrogen (secondary N) is 2. The molecule has 3 aromatic carbocycles. The lowest BCUT2D eigenvalue weighted by molar-refractivity contribution is -0.130. The first kappa shape index (κ1) is 48.0. The molecule has 7 rings (SSSR count). The number of hydrogen-bond acceptors (Lipinski definition) is 6. The molecule has 2 aromatic heterocycles. The Labute approximate surface area is 379 Å². The Bertz CT molecular complexity index is 2140. The molecule has 2 saturated heterocycles. The number of nitrogens with zero attached hydrogens (tertiary/aromatic N) is 6. The van der Waals surface area contributed by atoms with Crippen molar-refractivity contribution >= 4 is 33.6 Å². The second-order valence-electron chi connectivity index (χ2n) is 18.9. The number of likely N-dealkylation sites (N-methyl/N-ethyl adjacent to an activating group) is 1. The number of aromatic nitrogens is 2. The van der Waals surface area contributed by atoms with Crippen LogP contribution < -0.4 is 0 Å². The summed E-state index contributed by atoms with van der Waals surface area (Å²) in [6.45, 7) is 10.4. The molecule has 63 heavy (non-hydrogen) atoms. The number of carbonyl (C=O) groups excluding carboxylic acids is 2. The van der Waals surface area contributed by atoms with Crippen molar-refractivity contribution in [3.8, 4) is 0 Å². The Balaban J connectivity index is 0.000000211. The van der Waals surface area contributed by atoms with E-state index in [0.29, 0.717) is 18.4 Å². The molecule has 0 radical (unpaired) electrons. The summed E-state index contributed by atoms with van der Waals surface area (Å²) in [5, 5.41) is 2.45. The third-order valence-electron chi connectivity index (χ3n) is 14.7. The van der Waals surface area contributed by atoms with Gasteiger partial charge in [-0.2, -0.15) is 0 Å². The SMILES string of the molecule is CCCCC1(N(C)C)CCN(CCN(C)C(=O)CCc2c[nH]c3ccccc23)CC1.CN(CCCN1CCC(c2ccccc2)(N(C)C)CC1)C(=O)CCc1c[nH]c2ccccc12. The fraction of sp³-hybridized carbons (Fsp3) is 0.547. The minimum absolute atomic E-state index is 0.132. The maximum atomic E-state index is 12.7. The topological polar surface area (TPSA) is 85.2 Å². The predicted molar refractivity (Wildman–Crippen MR) is 262 cm³/mol. The number of unbranched alkanes of at least 4 members (excludes halogenated alkanes) is 1. The molecule has 0 spiro atoms. The van der Waals surface area contributed by atoms with E-state index in [9.17, 15) is 9.59 Å². The summed E-state index contributed by atoms with van der Waals surface area (Å²) in [6.07, 6.45) is 16.4. The summed E-state index contributed by atoms with van der Waals surface area (Å²) >= 11 is 0. The highest BCUT2D eigenvalue weighted by atomic mass is 16.2. The first-order valence-electron chi connectivity index (χ1n) is 23.9. The Kier molecular flexibility index (Phi) is 17.5. The lowest BCUT2D eigenvalue weighted by Gasteiger charge is -2.46. The first-order valence-corrected chi connectivity index (χ1v) is 23.9. The molecule has 342 valence electrons. The number of benzene rings is 3. The molecule has 0 unspecified atom stereocenters. The fourth-order valence-electron chi connectivity index (χ4n) is 10.1. The average Bonchev–Trinajstić information content (AvgIpc) is 3.93. The Morgan fingerprint density at radius 2 is 1.08 bits per heavy atom. The maximum absolute atomic E-state index is 12.7. The van der Waals surface area contributed by atoms with Gasteiger partial charge in [0.25, 0.3) is 0 Å². The molecular formula is C53H78N8O2. The van der Waals surface area contributed by atoms with E-state index in [1.54, 1.807) is 0 Å². The van der Waals surface area contributed by atoms with Crippen molar-refractivity contribution in [3.63, 3.8) is 0 Å². The summed E-state index contributed by atoms with van der Waals surface area (Å²) in [7, 11) is 12.8. The minimum atomic E-state index is 0.132. The summed E-state index contributed by atoms with van der Waals surface area (Å²) in [5.41, 5.74) is 6.67. The average molecular weight is 859 g/mol. The lowest BCUT2D eigenvalue weighted by Crippen LogP contribution is -2.53. The standard InChI is InChI=1S/C28H38N4O.C25H40N4O/c1-30(2)28(24-10-5-4-6-11-24)16-20-32(21-17-28)19-9-18-31(3)27(33)15-14-23-22-29-26-13-8-7-12-25(23)26;1-5-6-13-25(27(2)3)14-16-29(17-15-25)19-18-28(4)24(30)12-11-21-20-26-23-10-8-7-9-22(21)23/h4-8,10-13,22,29H,9,14-21H2,1-3H3;7-10,20,26H,5-6,11-19H2,1-4H3. The summed E-state index contributed by atoms with van der Waals surface area (Å²) in [4.78, 5) is 45.7. The number of aryl methyl sites for hydroxylation is 2. The van der Waals surface area contributed by atoms with E-state index in [4.69, 9.17) is 0 Å². The highest BCUT2D eigenvalue weighted by Gasteiger charge is 2.38. The van der Waals surface area contributed by atoms with Gasteiger partial charge in [0.2, 0.25) is 11.8 Å². The van der Waals surface area contributed by atoms with Crippen LogP contribution in [0.3, 0.4) is 0 Å². The molecule has 10 heteroatoms. The molecule has 2 aliphatic heterocycles. The van der Waals surface area contributed by atoms with Crippen LogP contribution in [0.4, 0.5) is 0 Å². The van der Waals surface area contributed by atoms with Crippen LogP contribution in [-0.2, 0) is 28.0 Å². The number of hydrogen-bond donors (Lipinski definition) is 2. The van der Waals surface area contributed by atoms with E-state index >= 15 is 0 Å². The summed E-state index contributed by atoms with van der Waals surface area (Å²) < 4.78 is 0. The van der Waals surface area contributed by atoms with Crippen LogP contribution in [0.25, 0.3) is 21.8 Å². The monoisotopic (exact) mass is 859 g/mol. The van der Waals surface area contributed by atoms with Crippen molar-refractivity contribution in [1.29, 1.82) is 0 Å². The van der Waals surface area contributed by atoms with Gasteiger partial charge in [0.05, 0.1) is 0 Å². The largest absolute Gasteiger partial charge is 0.361 e. The molecule has 0 atom stereocenters. The van der Waals surface area contributed by atoms with E-state index < -0.39 is 0 Å². The number of rotatable bonds is 19. The van der Waals surface area contributed by atoms with E-state index in [1.807, 2.05) is 48.4 Å². The van der Waals surface area contributed by atoms with Crippen LogP contribution in [-0.4, -0.2) is 151 Å². The highest BCUT2D eigenvalue weighted by Crippen LogP contribution is 2.37. The smallest absolute Gasteiger partial charge is 0.222 e. The van der Waals surface area contributed by atoms with Crippen LogP contribution in [0.15, 0.2) is 91.3 Å². The van der Waals surface area contributed by atoms with Crippen LogP contribution in [0.2, 0.25) is 0 Å². The number of H-pyrrole nitrogens is 2. The lowest BCUT2D eigenvalue weighted by atomic mass is 9.80. The quantitative estimate of drug-likeness (QED) is 0.0866. The van der Waals surface area contributed by atoms with Crippen LogP contribution >= 0.6 is 0 Å². The molecule has 10 nitrogen and oxygen atoms in total. The molecular weight excluding hydrogens is 781 g/mol. The maximum Gasteiger partial charge on any atom is 0.222 e. The van der Waals surface area contributed by atoms with E-state index in [1.165, 1.54) is 59.6 Å². The third kappa shape index (κ3) is 12.4. The van der Waals surface area contributed by atoms with Gasteiger partial charge in [-0.25, -0.2) is 0 Å². The number of piperidine rings is 2. The zero-order valence-corrected chi connectivity index (χ0v) is 39.8. The van der Waals surface area contributed by atoms with Crippen molar-refractivity contribution in [3.05, 3.63) is 108 Å². The van der Waals surface area contributed by atoms with Gasteiger partial charge < -0.3 is 34.5 Å². The molecule has 5 aromatic rings. The van der Waals surface area contributed by atoms with E-state index in [0.717, 1.165) is 95.5 Å². The number of fused-ring (bicyclic) bond motifs is 2. The van der Waals surface area contributed by atoms with E-state index in [-0.39, 0.29) is 17.4 Å². The highest BCUT2D eigenvalue weighted by molar-refractivity contribution is 5.85. The fourth-order valence-corrected chi connectivity index (χ4v) is 10.1. The van der Waals surface area contributed by atoms with Gasteiger partial charge in [0.1, 0.15) is 0 Å². The molecule has 2 N–H and O–H groups in total. The second-order valence-corrected chi connectivity index (χ2v) is 18.9. The van der Waals surface area contributed by atoms with Gasteiger partial charge in [-0.1, -0.05) is 86.5 Å². The Morgan fingerprint density at radius 1 is 0.587 bits per heavy atom. The van der Waals surface area contributed by atoms with Crippen molar-refractivity contribution in [2.24, 2.45) is 0 Å². The molecule has 0 saturated carbocycles. The van der Waals surface area contributed by atoms with Gasteiger partial charge in [0, 0.05) is 105 Å². The number of likely N-dealkylation sites (tertiary alicyclic amines) is 2. The van der Waals surface area contributed by atoms with E-state index in [2.05, 4.69) is 131 Å². The number of carbonyl (C=O) groups is 2. The molecule has 0 bridgehead atoms. The normalized spacial score (nSPS) is 16.7. The van der Waals surface area contributed by atoms with Crippen LogP contribution in [0, 0.1) is 0 Å². The van der Waals surface area contributed by atoms with Gasteiger partial charge >= 0.3 is 0 Å². The van der Waals surface area contributed by atoms with Gasteiger partial charge in [0.15, 0.2) is 0 Å². The number of para-hydroxylation sites is 2. The Morgan fingerprint density at radius 3 is 1.60 bits per heavy atom. The zero-order valence-electron chi connectivity index (χ0n) is 39.8. The predicted octanol–water partition coefficient (Wildman–Crippen LogP) is 8.65. The van der Waals surface area contributed by atoms with Gasteiger partial charge in [-0.3, -0.25) is 14.5 Å². The van der Waals surface area contributed by atoms with Gasteiger partial charge in [-0.05, 0) is 128 Å². The molecule has 4 heterocycles. The summed E-state index contributed by atoms with van der Waals surface area (Å²) in [5.74, 6) is 0.470. The van der Waals surface area contributed by atoms with Gasteiger partial charge in [-0.15, -0.1) is 0 Å². The second kappa shape index (κ2) is 22.9. The van der Waals surface area contributed by atoms with Crippen molar-refractivity contribution < 1.29 is 9.59 Å². The zero-order chi connectivity index (χ0) is 44.8. The molecule has 2 aliphatic rings. The Hall–Kier alpha value is -4.48. The van der Waals surface area contributed by atoms with Crippen LogP contribution in [0.5, 0.6) is 0 Å². The molecule has 2 amide bonds. The van der Waals surface area contributed by atoms with Crippen molar-refractivity contribution in [2.45, 2.75) is 95.1 Å². The number of aromatic amines is 2. The molecule has 2 fully saturated rings. The molecule has 0 aliphatic carbocycles. The van der Waals surface area contributed by atoms with Crippen molar-refractivity contribution in [2.75, 3.05) is 94.6 Å².